The highest BCUT2D eigenvalue weighted by molar-refractivity contribution is 6.18. The van der Waals surface area contributed by atoms with E-state index in [-0.39, 0.29) is 5.91 Å². The van der Waals surface area contributed by atoms with Crippen LogP contribution < -0.4 is 0 Å². The topological polar surface area (TPSA) is 33.5 Å². The standard InChI is InChI=1S/C13H14ClNO2/c1-9-3-4-11-10(7-9)8-12(17-11)13(16)15(2)6-5-14/h3-4,7-8H,5-6H2,1-2H3. The molecule has 0 saturated carbocycles. The first-order valence-corrected chi connectivity index (χ1v) is 5.97. The molecule has 0 aliphatic carbocycles. The minimum absolute atomic E-state index is 0.139. The van der Waals surface area contributed by atoms with E-state index in [0.29, 0.717) is 18.2 Å². The van der Waals surface area contributed by atoms with Crippen LogP contribution in [0.1, 0.15) is 16.1 Å². The number of halogens is 1. The number of carbonyl (C=O) groups is 1. The summed E-state index contributed by atoms with van der Waals surface area (Å²) >= 11 is 5.60. The van der Waals surface area contributed by atoms with E-state index >= 15 is 0 Å². The summed E-state index contributed by atoms with van der Waals surface area (Å²) in [5.74, 6) is 0.638. The summed E-state index contributed by atoms with van der Waals surface area (Å²) in [5.41, 5.74) is 1.88. The van der Waals surface area contributed by atoms with Gasteiger partial charge in [-0.15, -0.1) is 11.6 Å². The first kappa shape index (κ1) is 12.0. The van der Waals surface area contributed by atoms with Gasteiger partial charge in [0.05, 0.1) is 0 Å². The zero-order valence-electron chi connectivity index (χ0n) is 9.87. The molecule has 0 aliphatic rings. The zero-order valence-corrected chi connectivity index (χ0v) is 10.6. The first-order valence-electron chi connectivity index (χ1n) is 5.43. The summed E-state index contributed by atoms with van der Waals surface area (Å²) in [6.45, 7) is 2.52. The van der Waals surface area contributed by atoms with Crippen molar-refractivity contribution in [1.82, 2.24) is 4.90 Å². The quantitative estimate of drug-likeness (QED) is 0.786. The Hall–Kier alpha value is -1.48. The fraction of sp³-hybridized carbons (Fsp3) is 0.308. The SMILES string of the molecule is Cc1ccc2oc(C(=O)N(C)CCCl)cc2c1. The summed E-state index contributed by atoms with van der Waals surface area (Å²) in [7, 11) is 1.71. The zero-order chi connectivity index (χ0) is 12.4. The van der Waals surface area contributed by atoms with Gasteiger partial charge >= 0.3 is 0 Å². The molecule has 0 atom stereocenters. The van der Waals surface area contributed by atoms with Crippen molar-refractivity contribution in [1.29, 1.82) is 0 Å². The Morgan fingerprint density at radius 2 is 2.18 bits per heavy atom. The van der Waals surface area contributed by atoms with Crippen molar-refractivity contribution in [2.24, 2.45) is 0 Å². The van der Waals surface area contributed by atoms with E-state index in [1.165, 1.54) is 0 Å². The molecular formula is C13H14ClNO2. The molecule has 17 heavy (non-hydrogen) atoms. The van der Waals surface area contributed by atoms with Crippen molar-refractivity contribution in [2.75, 3.05) is 19.5 Å². The molecule has 0 aliphatic heterocycles. The predicted molar refractivity (Wildman–Crippen MR) is 68.6 cm³/mol. The number of hydrogen-bond donors (Lipinski definition) is 0. The van der Waals surface area contributed by atoms with Crippen LogP contribution in [0.5, 0.6) is 0 Å². The third-order valence-corrected chi connectivity index (χ3v) is 2.82. The predicted octanol–water partition coefficient (Wildman–Crippen LogP) is 3.05. The lowest BCUT2D eigenvalue weighted by Crippen LogP contribution is -2.28. The van der Waals surface area contributed by atoms with Crippen molar-refractivity contribution < 1.29 is 9.21 Å². The normalized spacial score (nSPS) is 10.8. The number of aryl methyl sites for hydroxylation is 1. The number of nitrogens with zero attached hydrogens (tertiary/aromatic N) is 1. The number of rotatable bonds is 3. The summed E-state index contributed by atoms with van der Waals surface area (Å²) < 4.78 is 5.52. The fourth-order valence-electron chi connectivity index (χ4n) is 1.68. The van der Waals surface area contributed by atoms with Crippen molar-refractivity contribution in [3.05, 3.63) is 35.6 Å². The van der Waals surface area contributed by atoms with Crippen LogP contribution in [0.2, 0.25) is 0 Å². The molecule has 1 heterocycles. The first-order chi connectivity index (χ1) is 8.11. The molecule has 2 rings (SSSR count). The van der Waals surface area contributed by atoms with Gasteiger partial charge in [0.25, 0.3) is 5.91 Å². The van der Waals surface area contributed by atoms with Gasteiger partial charge in [-0.05, 0) is 25.1 Å². The Balaban J connectivity index is 2.33. The van der Waals surface area contributed by atoms with Gasteiger partial charge < -0.3 is 9.32 Å². The summed E-state index contributed by atoms with van der Waals surface area (Å²) in [4.78, 5) is 13.5. The Morgan fingerprint density at radius 1 is 1.41 bits per heavy atom. The molecule has 4 heteroatoms. The number of alkyl halides is 1. The highest BCUT2D eigenvalue weighted by Crippen LogP contribution is 2.21. The molecule has 90 valence electrons. The van der Waals surface area contributed by atoms with Gasteiger partial charge in [-0.2, -0.15) is 0 Å². The van der Waals surface area contributed by atoms with Crippen LogP contribution in [0.3, 0.4) is 0 Å². The molecule has 1 aromatic carbocycles. The molecule has 0 N–H and O–H groups in total. The maximum Gasteiger partial charge on any atom is 0.289 e. The lowest BCUT2D eigenvalue weighted by atomic mass is 10.2. The third kappa shape index (κ3) is 2.44. The highest BCUT2D eigenvalue weighted by Gasteiger charge is 2.16. The van der Waals surface area contributed by atoms with Crippen molar-refractivity contribution >= 4 is 28.5 Å². The number of benzene rings is 1. The van der Waals surface area contributed by atoms with Gasteiger partial charge in [0, 0.05) is 24.9 Å². The van der Waals surface area contributed by atoms with E-state index in [1.807, 2.05) is 25.1 Å². The van der Waals surface area contributed by atoms with Crippen molar-refractivity contribution in [3.63, 3.8) is 0 Å². The molecule has 0 fully saturated rings. The molecule has 3 nitrogen and oxygen atoms in total. The largest absolute Gasteiger partial charge is 0.451 e. The van der Waals surface area contributed by atoms with E-state index in [1.54, 1.807) is 18.0 Å². The monoisotopic (exact) mass is 251 g/mol. The highest BCUT2D eigenvalue weighted by atomic mass is 35.5. The number of carbonyl (C=O) groups excluding carboxylic acids is 1. The second kappa shape index (κ2) is 4.80. The molecule has 0 unspecified atom stereocenters. The molecule has 1 amide bonds. The minimum atomic E-state index is -0.139. The second-order valence-corrected chi connectivity index (χ2v) is 4.45. The van der Waals surface area contributed by atoms with Gasteiger partial charge in [0.2, 0.25) is 0 Å². The van der Waals surface area contributed by atoms with Crippen LogP contribution >= 0.6 is 11.6 Å². The number of amides is 1. The summed E-state index contributed by atoms with van der Waals surface area (Å²) in [5, 5.41) is 0.952. The van der Waals surface area contributed by atoms with E-state index in [4.69, 9.17) is 16.0 Å². The number of hydrogen-bond acceptors (Lipinski definition) is 2. The number of fused-ring (bicyclic) bond motifs is 1. The molecule has 1 aromatic heterocycles. The molecule has 0 radical (unpaired) electrons. The maximum atomic E-state index is 12.0. The van der Waals surface area contributed by atoms with Gasteiger partial charge in [-0.3, -0.25) is 4.79 Å². The molecule has 0 bridgehead atoms. The van der Waals surface area contributed by atoms with Crippen molar-refractivity contribution in [2.45, 2.75) is 6.92 Å². The second-order valence-electron chi connectivity index (χ2n) is 4.07. The Labute approximate surface area is 105 Å². The summed E-state index contributed by atoms with van der Waals surface area (Å²) in [6, 6.07) is 7.61. The van der Waals surface area contributed by atoms with E-state index in [9.17, 15) is 4.79 Å². The van der Waals surface area contributed by atoms with Gasteiger partial charge in [-0.1, -0.05) is 11.6 Å². The van der Waals surface area contributed by atoms with Crippen LogP contribution in [-0.4, -0.2) is 30.3 Å². The van der Waals surface area contributed by atoms with Gasteiger partial charge in [0.15, 0.2) is 5.76 Å². The van der Waals surface area contributed by atoms with Crippen LogP contribution in [0.15, 0.2) is 28.7 Å². The van der Waals surface area contributed by atoms with Crippen LogP contribution in [0.25, 0.3) is 11.0 Å². The van der Waals surface area contributed by atoms with Crippen LogP contribution in [-0.2, 0) is 0 Å². The molecule has 2 aromatic rings. The van der Waals surface area contributed by atoms with E-state index in [2.05, 4.69) is 0 Å². The number of furan rings is 1. The maximum absolute atomic E-state index is 12.0. The van der Waals surface area contributed by atoms with Crippen LogP contribution in [0.4, 0.5) is 0 Å². The molecule has 0 spiro atoms. The lowest BCUT2D eigenvalue weighted by Gasteiger charge is -2.12. The van der Waals surface area contributed by atoms with Crippen molar-refractivity contribution in [3.8, 4) is 0 Å². The van der Waals surface area contributed by atoms with Crippen LogP contribution in [0, 0.1) is 6.92 Å². The Morgan fingerprint density at radius 3 is 2.88 bits per heavy atom. The molecule has 0 saturated heterocycles. The Kier molecular flexibility index (Phi) is 3.38. The third-order valence-electron chi connectivity index (χ3n) is 2.65. The smallest absolute Gasteiger partial charge is 0.289 e. The van der Waals surface area contributed by atoms with Gasteiger partial charge in [0.1, 0.15) is 5.58 Å². The van der Waals surface area contributed by atoms with E-state index in [0.717, 1.165) is 16.5 Å². The summed E-state index contributed by atoms with van der Waals surface area (Å²) in [6.07, 6.45) is 0. The fourth-order valence-corrected chi connectivity index (χ4v) is 1.94. The average Bonchev–Trinajstić information content (AvgIpc) is 2.71. The molecular weight excluding hydrogens is 238 g/mol. The van der Waals surface area contributed by atoms with Gasteiger partial charge in [-0.25, -0.2) is 0 Å². The average molecular weight is 252 g/mol. The Bertz CT molecular complexity index is 547. The lowest BCUT2D eigenvalue weighted by molar-refractivity contribution is 0.0774. The van der Waals surface area contributed by atoms with E-state index < -0.39 is 0 Å². The minimum Gasteiger partial charge on any atom is -0.451 e.